The summed E-state index contributed by atoms with van der Waals surface area (Å²) in [5, 5.41) is 11.6. The van der Waals surface area contributed by atoms with Gasteiger partial charge in [0, 0.05) is 4.88 Å². The summed E-state index contributed by atoms with van der Waals surface area (Å²) in [7, 11) is 0. The van der Waals surface area contributed by atoms with Gasteiger partial charge in [0.15, 0.2) is 0 Å². The molecule has 0 aliphatic heterocycles. The number of hydrogen-bond donors (Lipinski definition) is 1. The molecule has 1 aromatic rings. The smallest absolute Gasteiger partial charge is 0.0581 e. The first-order chi connectivity index (χ1) is 5.36. The van der Waals surface area contributed by atoms with Gasteiger partial charge < -0.3 is 5.11 Å². The van der Waals surface area contributed by atoms with Crippen molar-refractivity contribution < 1.29 is 5.11 Å². The zero-order chi connectivity index (χ0) is 7.68. The highest BCUT2D eigenvalue weighted by molar-refractivity contribution is 7.10. The molecule has 60 valence electrons. The molecule has 2 heteroatoms. The van der Waals surface area contributed by atoms with Gasteiger partial charge in [0.1, 0.15) is 0 Å². The van der Waals surface area contributed by atoms with Crippen LogP contribution in [0.3, 0.4) is 0 Å². The van der Waals surface area contributed by atoms with Crippen molar-refractivity contribution in [2.45, 2.75) is 31.8 Å². The average molecular weight is 168 g/mol. The van der Waals surface area contributed by atoms with E-state index in [9.17, 15) is 5.11 Å². The fourth-order valence-corrected chi connectivity index (χ4v) is 2.58. The highest BCUT2D eigenvalue weighted by atomic mass is 32.1. The van der Waals surface area contributed by atoms with E-state index < -0.39 is 0 Å². The second-order valence-electron chi connectivity index (χ2n) is 3.12. The van der Waals surface area contributed by atoms with E-state index >= 15 is 0 Å². The number of rotatable bonds is 0. The van der Waals surface area contributed by atoms with Gasteiger partial charge in [0.05, 0.1) is 6.10 Å². The second kappa shape index (κ2) is 2.95. The van der Waals surface area contributed by atoms with Gasteiger partial charge in [-0.25, -0.2) is 0 Å². The van der Waals surface area contributed by atoms with Gasteiger partial charge in [-0.1, -0.05) is 0 Å². The Hall–Kier alpha value is -0.340. The quantitative estimate of drug-likeness (QED) is 0.587. The van der Waals surface area contributed by atoms with Crippen LogP contribution in [0.25, 0.3) is 0 Å². The molecule has 1 N–H and O–H groups in total. The normalized spacial score (nSPS) is 24.3. The molecule has 1 aliphatic rings. The Morgan fingerprint density at radius 1 is 1.55 bits per heavy atom. The summed E-state index contributed by atoms with van der Waals surface area (Å²) in [4.78, 5) is 1.49. The van der Waals surface area contributed by atoms with Crippen molar-refractivity contribution in [1.29, 1.82) is 0 Å². The molecular formula is C9H12OS. The summed E-state index contributed by atoms with van der Waals surface area (Å²) in [6.07, 6.45) is 4.07. The lowest BCUT2D eigenvalue weighted by Gasteiger charge is -2.03. The molecule has 1 aromatic heterocycles. The minimum Gasteiger partial charge on any atom is -0.393 e. The molecule has 2 rings (SSSR count). The Labute approximate surface area is 70.7 Å². The number of aryl methyl sites for hydroxylation is 1. The zero-order valence-electron chi connectivity index (χ0n) is 6.42. The van der Waals surface area contributed by atoms with Crippen LogP contribution >= 0.6 is 11.3 Å². The van der Waals surface area contributed by atoms with Crippen molar-refractivity contribution in [2.24, 2.45) is 0 Å². The van der Waals surface area contributed by atoms with Gasteiger partial charge in [-0.2, -0.15) is 0 Å². The maximum absolute atomic E-state index is 9.46. The van der Waals surface area contributed by atoms with Crippen molar-refractivity contribution in [1.82, 2.24) is 0 Å². The Morgan fingerprint density at radius 2 is 2.45 bits per heavy atom. The SMILES string of the molecule is OC1CCCc2sccc2C1. The number of aliphatic hydroxyl groups excluding tert-OH is 1. The van der Waals surface area contributed by atoms with Gasteiger partial charge >= 0.3 is 0 Å². The van der Waals surface area contributed by atoms with E-state index in [0.717, 1.165) is 19.3 Å². The van der Waals surface area contributed by atoms with Gasteiger partial charge in [-0.3, -0.25) is 0 Å². The monoisotopic (exact) mass is 168 g/mol. The molecule has 1 heterocycles. The van der Waals surface area contributed by atoms with E-state index in [4.69, 9.17) is 0 Å². The number of hydrogen-bond acceptors (Lipinski definition) is 2. The van der Waals surface area contributed by atoms with Crippen molar-refractivity contribution in [3.63, 3.8) is 0 Å². The highest BCUT2D eigenvalue weighted by Crippen LogP contribution is 2.25. The molecule has 1 nitrogen and oxygen atoms in total. The predicted molar refractivity (Wildman–Crippen MR) is 47.0 cm³/mol. The van der Waals surface area contributed by atoms with Crippen LogP contribution in [0.15, 0.2) is 11.4 Å². The Balaban J connectivity index is 2.26. The van der Waals surface area contributed by atoms with E-state index in [1.807, 2.05) is 11.3 Å². The lowest BCUT2D eigenvalue weighted by Crippen LogP contribution is -2.07. The first kappa shape index (κ1) is 7.32. The van der Waals surface area contributed by atoms with E-state index in [1.54, 1.807) is 0 Å². The topological polar surface area (TPSA) is 20.2 Å². The minimum absolute atomic E-state index is 0.0918. The fourth-order valence-electron chi connectivity index (χ4n) is 1.62. The van der Waals surface area contributed by atoms with E-state index in [2.05, 4.69) is 11.4 Å². The molecular weight excluding hydrogens is 156 g/mol. The Kier molecular flexibility index (Phi) is 1.96. The van der Waals surface area contributed by atoms with Crippen molar-refractivity contribution in [3.8, 4) is 0 Å². The molecule has 0 radical (unpaired) electrons. The maximum atomic E-state index is 9.46. The summed E-state index contributed by atoms with van der Waals surface area (Å²) in [6, 6.07) is 2.15. The molecule has 11 heavy (non-hydrogen) atoms. The van der Waals surface area contributed by atoms with Crippen molar-refractivity contribution in [2.75, 3.05) is 0 Å². The lowest BCUT2D eigenvalue weighted by atomic mass is 10.1. The first-order valence-corrected chi connectivity index (χ1v) is 4.97. The van der Waals surface area contributed by atoms with Crippen molar-refractivity contribution in [3.05, 3.63) is 21.9 Å². The van der Waals surface area contributed by atoms with Gasteiger partial charge in [-0.15, -0.1) is 11.3 Å². The van der Waals surface area contributed by atoms with Crippen LogP contribution in [-0.4, -0.2) is 11.2 Å². The van der Waals surface area contributed by atoms with Crippen LogP contribution in [0.1, 0.15) is 23.3 Å². The summed E-state index contributed by atoms with van der Waals surface area (Å²) in [5.74, 6) is 0. The zero-order valence-corrected chi connectivity index (χ0v) is 7.23. The van der Waals surface area contributed by atoms with Gasteiger partial charge in [0.2, 0.25) is 0 Å². The molecule has 0 spiro atoms. The second-order valence-corrected chi connectivity index (χ2v) is 4.12. The average Bonchev–Trinajstić information content (AvgIpc) is 2.31. The Morgan fingerprint density at radius 3 is 3.36 bits per heavy atom. The molecule has 0 amide bonds. The molecule has 0 aromatic carbocycles. The molecule has 0 saturated heterocycles. The molecule has 1 unspecified atom stereocenters. The number of aliphatic hydroxyl groups is 1. The number of fused-ring (bicyclic) bond motifs is 1. The van der Waals surface area contributed by atoms with Crippen molar-refractivity contribution >= 4 is 11.3 Å². The number of thiophene rings is 1. The maximum Gasteiger partial charge on any atom is 0.0581 e. The molecule has 0 fully saturated rings. The summed E-state index contributed by atoms with van der Waals surface area (Å²) in [6.45, 7) is 0. The summed E-state index contributed by atoms with van der Waals surface area (Å²) in [5.41, 5.74) is 1.38. The summed E-state index contributed by atoms with van der Waals surface area (Å²) < 4.78 is 0. The fraction of sp³-hybridized carbons (Fsp3) is 0.556. The van der Waals surface area contributed by atoms with Crippen LogP contribution in [0.5, 0.6) is 0 Å². The molecule has 0 saturated carbocycles. The molecule has 1 aliphatic carbocycles. The third-order valence-electron chi connectivity index (χ3n) is 2.23. The van der Waals surface area contributed by atoms with E-state index in [0.29, 0.717) is 0 Å². The Bertz CT molecular complexity index is 241. The highest BCUT2D eigenvalue weighted by Gasteiger charge is 2.14. The first-order valence-electron chi connectivity index (χ1n) is 4.09. The predicted octanol–water partition coefficient (Wildman–Crippen LogP) is 1.99. The van der Waals surface area contributed by atoms with Gasteiger partial charge in [-0.05, 0) is 42.7 Å². The van der Waals surface area contributed by atoms with Crippen LogP contribution in [0.2, 0.25) is 0 Å². The van der Waals surface area contributed by atoms with Crippen LogP contribution < -0.4 is 0 Å². The lowest BCUT2D eigenvalue weighted by molar-refractivity contribution is 0.165. The third kappa shape index (κ3) is 1.47. The van der Waals surface area contributed by atoms with E-state index in [-0.39, 0.29) is 6.10 Å². The van der Waals surface area contributed by atoms with Crippen LogP contribution in [-0.2, 0) is 12.8 Å². The molecule has 1 atom stereocenters. The molecule has 0 bridgehead atoms. The van der Waals surface area contributed by atoms with Crippen LogP contribution in [0, 0.1) is 0 Å². The minimum atomic E-state index is -0.0918. The van der Waals surface area contributed by atoms with Gasteiger partial charge in [0.25, 0.3) is 0 Å². The third-order valence-corrected chi connectivity index (χ3v) is 3.26. The summed E-state index contributed by atoms with van der Waals surface area (Å²) >= 11 is 1.83. The van der Waals surface area contributed by atoms with Crippen LogP contribution in [0.4, 0.5) is 0 Å². The van der Waals surface area contributed by atoms with E-state index in [1.165, 1.54) is 16.9 Å². The standard InChI is InChI=1S/C9H12OS/c10-8-2-1-3-9-7(6-8)4-5-11-9/h4-5,8,10H,1-3,6H2. The largest absolute Gasteiger partial charge is 0.393 e.